The standard InChI is InChI=1S/C13H18N2O/c1-9-5-6-11(16-4)13-12(9)10(7-14-2)8-15(13)3/h5-6,8,14H,7H2,1-4H3. The lowest BCUT2D eigenvalue weighted by atomic mass is 10.1. The molecule has 1 N–H and O–H groups in total. The number of ether oxygens (including phenoxy) is 1. The van der Waals surface area contributed by atoms with Gasteiger partial charge in [-0.15, -0.1) is 0 Å². The minimum Gasteiger partial charge on any atom is -0.495 e. The van der Waals surface area contributed by atoms with Gasteiger partial charge in [-0.25, -0.2) is 0 Å². The Bertz CT molecular complexity index is 514. The van der Waals surface area contributed by atoms with Gasteiger partial charge in [0, 0.05) is 25.2 Å². The maximum atomic E-state index is 5.41. The summed E-state index contributed by atoms with van der Waals surface area (Å²) in [5.74, 6) is 0.936. The lowest BCUT2D eigenvalue weighted by Gasteiger charge is -2.07. The molecule has 0 aliphatic rings. The number of aryl methyl sites for hydroxylation is 2. The van der Waals surface area contributed by atoms with Crippen molar-refractivity contribution in [2.24, 2.45) is 7.05 Å². The number of hydrogen-bond acceptors (Lipinski definition) is 2. The third-order valence-electron chi connectivity index (χ3n) is 2.96. The zero-order valence-corrected chi connectivity index (χ0v) is 10.3. The zero-order chi connectivity index (χ0) is 11.7. The molecule has 0 amide bonds. The summed E-state index contributed by atoms with van der Waals surface area (Å²) < 4.78 is 7.55. The summed E-state index contributed by atoms with van der Waals surface area (Å²) in [5, 5.41) is 4.50. The van der Waals surface area contributed by atoms with Crippen LogP contribution in [0.4, 0.5) is 0 Å². The first kappa shape index (κ1) is 11.0. The molecule has 86 valence electrons. The SMILES string of the molecule is CNCc1cn(C)c2c(OC)ccc(C)c12. The molecule has 1 aromatic carbocycles. The van der Waals surface area contributed by atoms with E-state index >= 15 is 0 Å². The first-order valence-electron chi connectivity index (χ1n) is 5.45. The molecule has 3 heteroatoms. The van der Waals surface area contributed by atoms with Crippen molar-refractivity contribution in [1.29, 1.82) is 0 Å². The van der Waals surface area contributed by atoms with E-state index < -0.39 is 0 Å². The van der Waals surface area contributed by atoms with E-state index in [1.165, 1.54) is 22.0 Å². The second-order valence-corrected chi connectivity index (χ2v) is 4.10. The fraction of sp³-hybridized carbons (Fsp3) is 0.385. The molecule has 16 heavy (non-hydrogen) atoms. The molecule has 0 fully saturated rings. The van der Waals surface area contributed by atoms with E-state index in [9.17, 15) is 0 Å². The van der Waals surface area contributed by atoms with Crippen LogP contribution < -0.4 is 10.1 Å². The molecule has 2 aromatic rings. The summed E-state index contributed by atoms with van der Waals surface area (Å²) in [6.45, 7) is 3.02. The second kappa shape index (κ2) is 4.18. The van der Waals surface area contributed by atoms with Crippen molar-refractivity contribution < 1.29 is 4.74 Å². The molecular formula is C13H18N2O. The molecule has 1 aromatic heterocycles. The van der Waals surface area contributed by atoms with Crippen LogP contribution in [0.25, 0.3) is 10.9 Å². The van der Waals surface area contributed by atoms with E-state index in [-0.39, 0.29) is 0 Å². The molecule has 0 bridgehead atoms. The number of benzene rings is 1. The van der Waals surface area contributed by atoms with E-state index in [2.05, 4.69) is 36.1 Å². The van der Waals surface area contributed by atoms with Crippen LogP contribution in [0.2, 0.25) is 0 Å². The average Bonchev–Trinajstić information content (AvgIpc) is 2.59. The molecular weight excluding hydrogens is 200 g/mol. The third-order valence-corrected chi connectivity index (χ3v) is 2.96. The van der Waals surface area contributed by atoms with Crippen LogP contribution in [-0.4, -0.2) is 18.7 Å². The van der Waals surface area contributed by atoms with Crippen molar-refractivity contribution in [3.05, 3.63) is 29.5 Å². The second-order valence-electron chi connectivity index (χ2n) is 4.10. The lowest BCUT2D eigenvalue weighted by molar-refractivity contribution is 0.418. The fourth-order valence-corrected chi connectivity index (χ4v) is 2.28. The van der Waals surface area contributed by atoms with Gasteiger partial charge in [0.1, 0.15) is 5.75 Å². The van der Waals surface area contributed by atoms with E-state index in [0.717, 1.165) is 12.3 Å². The highest BCUT2D eigenvalue weighted by atomic mass is 16.5. The Hall–Kier alpha value is -1.48. The summed E-state index contributed by atoms with van der Waals surface area (Å²) in [5.41, 5.74) is 3.78. The van der Waals surface area contributed by atoms with Gasteiger partial charge < -0.3 is 14.6 Å². The molecule has 0 spiro atoms. The van der Waals surface area contributed by atoms with Crippen molar-refractivity contribution in [3.63, 3.8) is 0 Å². The number of fused-ring (bicyclic) bond motifs is 1. The van der Waals surface area contributed by atoms with E-state index in [1.54, 1.807) is 7.11 Å². The number of aromatic nitrogens is 1. The monoisotopic (exact) mass is 218 g/mol. The molecule has 0 aliphatic carbocycles. The number of nitrogens with one attached hydrogen (secondary N) is 1. The van der Waals surface area contributed by atoms with Crippen LogP contribution in [0.1, 0.15) is 11.1 Å². The fourth-order valence-electron chi connectivity index (χ4n) is 2.28. The Labute approximate surface area is 96.0 Å². The summed E-state index contributed by atoms with van der Waals surface area (Å²) in [7, 11) is 5.74. The predicted molar refractivity (Wildman–Crippen MR) is 67.0 cm³/mol. The van der Waals surface area contributed by atoms with E-state index in [4.69, 9.17) is 4.74 Å². The quantitative estimate of drug-likeness (QED) is 0.855. The van der Waals surface area contributed by atoms with Crippen LogP contribution in [-0.2, 0) is 13.6 Å². The highest BCUT2D eigenvalue weighted by Crippen LogP contribution is 2.31. The minimum atomic E-state index is 0.880. The van der Waals surface area contributed by atoms with Crippen molar-refractivity contribution in [2.75, 3.05) is 14.2 Å². The van der Waals surface area contributed by atoms with Gasteiger partial charge in [0.2, 0.25) is 0 Å². The van der Waals surface area contributed by atoms with Crippen molar-refractivity contribution in [2.45, 2.75) is 13.5 Å². The molecule has 2 rings (SSSR count). The highest BCUT2D eigenvalue weighted by molar-refractivity contribution is 5.91. The third kappa shape index (κ3) is 1.57. The summed E-state index contributed by atoms with van der Waals surface area (Å²) in [6, 6.07) is 4.14. The van der Waals surface area contributed by atoms with Crippen molar-refractivity contribution >= 4 is 10.9 Å². The van der Waals surface area contributed by atoms with Crippen molar-refractivity contribution in [1.82, 2.24) is 9.88 Å². The Balaban J connectivity index is 2.77. The maximum absolute atomic E-state index is 5.41. The molecule has 0 atom stereocenters. The van der Waals surface area contributed by atoms with E-state index in [1.807, 2.05) is 13.1 Å². The van der Waals surface area contributed by atoms with Gasteiger partial charge >= 0.3 is 0 Å². The number of rotatable bonds is 3. The van der Waals surface area contributed by atoms with Gasteiger partial charge in [-0.1, -0.05) is 6.07 Å². The van der Waals surface area contributed by atoms with Gasteiger partial charge in [-0.3, -0.25) is 0 Å². The Morgan fingerprint density at radius 1 is 1.38 bits per heavy atom. The summed E-state index contributed by atoms with van der Waals surface area (Å²) in [6.07, 6.45) is 2.16. The minimum absolute atomic E-state index is 0.880. The Morgan fingerprint density at radius 2 is 2.12 bits per heavy atom. The van der Waals surface area contributed by atoms with Crippen LogP contribution in [0.15, 0.2) is 18.3 Å². The molecule has 3 nitrogen and oxygen atoms in total. The first-order valence-corrected chi connectivity index (χ1v) is 5.45. The van der Waals surface area contributed by atoms with Gasteiger partial charge in [-0.05, 0) is 31.2 Å². The summed E-state index contributed by atoms with van der Waals surface area (Å²) in [4.78, 5) is 0. The molecule has 0 saturated heterocycles. The largest absolute Gasteiger partial charge is 0.495 e. The molecule has 1 heterocycles. The normalized spacial score (nSPS) is 11.0. The van der Waals surface area contributed by atoms with Gasteiger partial charge in [0.25, 0.3) is 0 Å². The van der Waals surface area contributed by atoms with Crippen LogP contribution in [0, 0.1) is 6.92 Å². The van der Waals surface area contributed by atoms with Crippen LogP contribution in [0.5, 0.6) is 5.75 Å². The smallest absolute Gasteiger partial charge is 0.143 e. The van der Waals surface area contributed by atoms with Gasteiger partial charge in [0.15, 0.2) is 0 Å². The molecule has 0 unspecified atom stereocenters. The maximum Gasteiger partial charge on any atom is 0.143 e. The highest BCUT2D eigenvalue weighted by Gasteiger charge is 2.12. The van der Waals surface area contributed by atoms with E-state index in [0.29, 0.717) is 0 Å². The number of methoxy groups -OCH3 is 1. The van der Waals surface area contributed by atoms with Gasteiger partial charge in [-0.2, -0.15) is 0 Å². The first-order chi connectivity index (χ1) is 7.69. The molecule has 0 saturated carbocycles. The van der Waals surface area contributed by atoms with Crippen LogP contribution >= 0.6 is 0 Å². The Morgan fingerprint density at radius 3 is 2.75 bits per heavy atom. The lowest BCUT2D eigenvalue weighted by Crippen LogP contribution is -2.04. The zero-order valence-electron chi connectivity index (χ0n) is 10.3. The number of nitrogens with zero attached hydrogens (tertiary/aromatic N) is 1. The Kier molecular flexibility index (Phi) is 2.88. The van der Waals surface area contributed by atoms with Crippen molar-refractivity contribution in [3.8, 4) is 5.75 Å². The predicted octanol–water partition coefficient (Wildman–Crippen LogP) is 2.21. The topological polar surface area (TPSA) is 26.2 Å². The number of hydrogen-bond donors (Lipinski definition) is 1. The average molecular weight is 218 g/mol. The van der Waals surface area contributed by atoms with Crippen LogP contribution in [0.3, 0.4) is 0 Å². The van der Waals surface area contributed by atoms with Gasteiger partial charge in [0.05, 0.1) is 12.6 Å². The molecule has 0 aliphatic heterocycles. The molecule has 0 radical (unpaired) electrons. The summed E-state index contributed by atoms with van der Waals surface area (Å²) >= 11 is 0.